The van der Waals surface area contributed by atoms with Crippen LogP contribution in [-0.2, 0) is 11.2 Å². The monoisotopic (exact) mass is 363 g/mol. The summed E-state index contributed by atoms with van der Waals surface area (Å²) in [5.74, 6) is 0.450. The lowest BCUT2D eigenvalue weighted by Gasteiger charge is -2.27. The van der Waals surface area contributed by atoms with E-state index in [1.807, 2.05) is 0 Å². The number of amides is 1. The third kappa shape index (κ3) is 4.43. The summed E-state index contributed by atoms with van der Waals surface area (Å²) >= 11 is 3.25. The van der Waals surface area contributed by atoms with Gasteiger partial charge in [0.25, 0.3) is 5.69 Å². The predicted octanol–water partition coefficient (Wildman–Crippen LogP) is 1.66. The Morgan fingerprint density at radius 3 is 2.70 bits per heavy atom. The molecule has 1 aliphatic rings. The number of rotatable bonds is 5. The molecule has 1 fully saturated rings. The minimum absolute atomic E-state index is 0. The Balaban J connectivity index is 0.00000200. The van der Waals surface area contributed by atoms with Crippen LogP contribution in [0, 0.1) is 16.0 Å². The third-order valence-corrected chi connectivity index (χ3v) is 3.79. The summed E-state index contributed by atoms with van der Waals surface area (Å²) in [7, 11) is 0. The fourth-order valence-corrected chi connectivity index (χ4v) is 2.29. The average Bonchev–Trinajstić information content (AvgIpc) is 2.29. The quantitative estimate of drug-likeness (QED) is 0.615. The van der Waals surface area contributed by atoms with Crippen LogP contribution in [0.5, 0.6) is 0 Å². The lowest BCUT2D eigenvalue weighted by atomic mass is 10.0. The van der Waals surface area contributed by atoms with Gasteiger partial charge in [0.2, 0.25) is 5.91 Å². The van der Waals surface area contributed by atoms with Crippen molar-refractivity contribution in [3.05, 3.63) is 38.3 Å². The number of carbonyl (C=O) groups excluding carboxylic acids is 1. The zero-order valence-corrected chi connectivity index (χ0v) is 13.0. The number of non-ortho nitro benzene ring substituents is 1. The summed E-state index contributed by atoms with van der Waals surface area (Å²) in [6.45, 7) is 2.57. The van der Waals surface area contributed by atoms with Crippen LogP contribution in [0.3, 0.4) is 0 Å². The molecule has 0 radical (unpaired) electrons. The Morgan fingerprint density at radius 2 is 2.20 bits per heavy atom. The second-order valence-corrected chi connectivity index (χ2v) is 5.39. The second-order valence-electron chi connectivity index (χ2n) is 4.54. The molecule has 1 aliphatic heterocycles. The maximum Gasteiger partial charge on any atom is 0.270 e. The summed E-state index contributed by atoms with van der Waals surface area (Å²) in [6.07, 6.45) is 0.221. The Labute approximate surface area is 131 Å². The summed E-state index contributed by atoms with van der Waals surface area (Å²) in [5, 5.41) is 16.6. The molecule has 0 unspecified atom stereocenters. The van der Waals surface area contributed by atoms with Crippen LogP contribution in [0.2, 0.25) is 0 Å². The minimum atomic E-state index is -0.460. The number of nitrogens with zero attached hydrogens (tertiary/aromatic N) is 1. The van der Waals surface area contributed by atoms with E-state index in [9.17, 15) is 14.9 Å². The van der Waals surface area contributed by atoms with Gasteiger partial charge < -0.3 is 10.6 Å². The minimum Gasteiger partial charge on any atom is -0.355 e. The fraction of sp³-hybridized carbons (Fsp3) is 0.417. The molecule has 0 aromatic heterocycles. The molecule has 0 atom stereocenters. The highest BCUT2D eigenvalue weighted by atomic mass is 79.9. The number of halogens is 2. The molecule has 2 N–H and O–H groups in total. The van der Waals surface area contributed by atoms with E-state index in [1.54, 1.807) is 6.07 Å². The standard InChI is InChI=1S/C12H14BrN3O3.ClH/c13-11-4-10(16(18)19)2-1-9(11)3-12(17)15-7-8-5-14-6-8;/h1-2,4,8,14H,3,5-7H2,(H,15,17);1H. The molecule has 1 amide bonds. The Kier molecular flexibility index (Phi) is 6.38. The molecule has 110 valence electrons. The van der Waals surface area contributed by atoms with E-state index >= 15 is 0 Å². The van der Waals surface area contributed by atoms with E-state index in [1.165, 1.54) is 12.1 Å². The first-order valence-corrected chi connectivity index (χ1v) is 6.76. The lowest BCUT2D eigenvalue weighted by Crippen LogP contribution is -2.48. The van der Waals surface area contributed by atoms with Crippen molar-refractivity contribution in [1.82, 2.24) is 10.6 Å². The van der Waals surface area contributed by atoms with Gasteiger partial charge in [-0.25, -0.2) is 0 Å². The SMILES string of the molecule is Cl.O=C(Cc1ccc([N+](=O)[O-])cc1Br)NCC1CNC1. The van der Waals surface area contributed by atoms with Gasteiger partial charge in [-0.3, -0.25) is 14.9 Å². The third-order valence-electron chi connectivity index (χ3n) is 3.05. The number of nitrogens with one attached hydrogen (secondary N) is 2. The maximum atomic E-state index is 11.7. The zero-order chi connectivity index (χ0) is 13.8. The molecule has 0 saturated carbocycles. The normalized spacial score (nSPS) is 14.1. The lowest BCUT2D eigenvalue weighted by molar-refractivity contribution is -0.384. The molecule has 20 heavy (non-hydrogen) atoms. The molecule has 1 heterocycles. The van der Waals surface area contributed by atoms with Gasteiger partial charge in [0, 0.05) is 42.2 Å². The van der Waals surface area contributed by atoms with Crippen LogP contribution in [0.15, 0.2) is 22.7 Å². The first kappa shape index (κ1) is 16.9. The molecule has 0 bridgehead atoms. The van der Waals surface area contributed by atoms with Crippen LogP contribution >= 0.6 is 28.3 Å². The molecule has 1 aromatic carbocycles. The van der Waals surface area contributed by atoms with Crippen molar-refractivity contribution in [2.45, 2.75) is 6.42 Å². The highest BCUT2D eigenvalue weighted by Crippen LogP contribution is 2.23. The summed E-state index contributed by atoms with van der Waals surface area (Å²) in [4.78, 5) is 21.9. The summed E-state index contributed by atoms with van der Waals surface area (Å²) < 4.78 is 0.585. The van der Waals surface area contributed by atoms with Crippen LogP contribution in [0.1, 0.15) is 5.56 Å². The first-order valence-electron chi connectivity index (χ1n) is 5.96. The van der Waals surface area contributed by atoms with Gasteiger partial charge in [0.05, 0.1) is 11.3 Å². The topological polar surface area (TPSA) is 84.3 Å². The molecular weight excluding hydrogens is 350 g/mol. The van der Waals surface area contributed by atoms with Gasteiger partial charge in [-0.1, -0.05) is 22.0 Å². The van der Waals surface area contributed by atoms with Crippen molar-refractivity contribution in [1.29, 1.82) is 0 Å². The van der Waals surface area contributed by atoms with Gasteiger partial charge in [-0.2, -0.15) is 0 Å². The van der Waals surface area contributed by atoms with Crippen LogP contribution in [0.25, 0.3) is 0 Å². The van der Waals surface area contributed by atoms with E-state index < -0.39 is 4.92 Å². The number of nitro benzene ring substituents is 1. The smallest absolute Gasteiger partial charge is 0.270 e. The molecule has 0 aliphatic carbocycles. The van der Waals surface area contributed by atoms with E-state index in [2.05, 4.69) is 26.6 Å². The molecular formula is C12H15BrClN3O3. The largest absolute Gasteiger partial charge is 0.355 e. The van der Waals surface area contributed by atoms with Crippen molar-refractivity contribution in [2.75, 3.05) is 19.6 Å². The fourth-order valence-electron chi connectivity index (χ4n) is 1.78. The van der Waals surface area contributed by atoms with Crippen molar-refractivity contribution in [2.24, 2.45) is 5.92 Å². The molecule has 8 heteroatoms. The van der Waals surface area contributed by atoms with Crippen LogP contribution in [0.4, 0.5) is 5.69 Å². The second kappa shape index (κ2) is 7.56. The summed E-state index contributed by atoms with van der Waals surface area (Å²) in [6, 6.07) is 4.42. The number of hydrogen-bond donors (Lipinski definition) is 2. The molecule has 0 spiro atoms. The highest BCUT2D eigenvalue weighted by molar-refractivity contribution is 9.10. The molecule has 1 aromatic rings. The van der Waals surface area contributed by atoms with Crippen molar-refractivity contribution >= 4 is 39.9 Å². The van der Waals surface area contributed by atoms with Gasteiger partial charge in [0.15, 0.2) is 0 Å². The van der Waals surface area contributed by atoms with Gasteiger partial charge in [-0.15, -0.1) is 12.4 Å². The first-order chi connectivity index (χ1) is 9.06. The predicted molar refractivity (Wildman–Crippen MR) is 81.1 cm³/mol. The number of hydrogen-bond acceptors (Lipinski definition) is 4. The van der Waals surface area contributed by atoms with Crippen molar-refractivity contribution < 1.29 is 9.72 Å². The number of nitro groups is 1. The number of benzene rings is 1. The van der Waals surface area contributed by atoms with Crippen LogP contribution < -0.4 is 10.6 Å². The molecule has 2 rings (SSSR count). The highest BCUT2D eigenvalue weighted by Gasteiger charge is 2.17. The number of carbonyl (C=O) groups is 1. The van der Waals surface area contributed by atoms with Crippen molar-refractivity contribution in [3.8, 4) is 0 Å². The Hall–Kier alpha value is -1.18. The van der Waals surface area contributed by atoms with Gasteiger partial charge in [0.1, 0.15) is 0 Å². The Morgan fingerprint density at radius 1 is 1.50 bits per heavy atom. The molecule has 1 saturated heterocycles. The van der Waals surface area contributed by atoms with Gasteiger partial charge in [-0.05, 0) is 5.56 Å². The summed E-state index contributed by atoms with van der Waals surface area (Å²) in [5.41, 5.74) is 0.756. The zero-order valence-electron chi connectivity index (χ0n) is 10.6. The van der Waals surface area contributed by atoms with E-state index in [4.69, 9.17) is 0 Å². The van der Waals surface area contributed by atoms with Crippen molar-refractivity contribution in [3.63, 3.8) is 0 Å². The van der Waals surface area contributed by atoms with E-state index in [0.29, 0.717) is 16.9 Å². The van der Waals surface area contributed by atoms with Gasteiger partial charge >= 0.3 is 0 Å². The van der Waals surface area contributed by atoms with E-state index in [-0.39, 0.29) is 30.4 Å². The maximum absolute atomic E-state index is 11.7. The average molecular weight is 365 g/mol. The molecule has 6 nitrogen and oxygen atoms in total. The Bertz CT molecular complexity index is 509. The van der Waals surface area contributed by atoms with E-state index in [0.717, 1.165) is 18.7 Å². The van der Waals surface area contributed by atoms with Crippen LogP contribution in [-0.4, -0.2) is 30.5 Å².